The van der Waals surface area contributed by atoms with E-state index >= 15 is 0 Å². The zero-order chi connectivity index (χ0) is 16.4. The van der Waals surface area contributed by atoms with Gasteiger partial charge in [0.15, 0.2) is 0 Å². The van der Waals surface area contributed by atoms with Gasteiger partial charge in [-0.05, 0) is 24.3 Å². The zero-order valence-corrected chi connectivity index (χ0v) is 16.7. The lowest BCUT2D eigenvalue weighted by Gasteiger charge is -2.28. The number of benzene rings is 2. The molecular formula is C18H19BrCl2N2O. The van der Waals surface area contributed by atoms with Crippen LogP contribution in [0.25, 0.3) is 0 Å². The molecule has 0 saturated carbocycles. The van der Waals surface area contributed by atoms with Gasteiger partial charge in [0, 0.05) is 40.5 Å². The highest BCUT2D eigenvalue weighted by molar-refractivity contribution is 9.10. The Morgan fingerprint density at radius 1 is 1.25 bits per heavy atom. The van der Waals surface area contributed by atoms with Gasteiger partial charge in [-0.1, -0.05) is 45.7 Å². The van der Waals surface area contributed by atoms with Crippen LogP contribution in [0.2, 0.25) is 5.02 Å². The highest BCUT2D eigenvalue weighted by Gasteiger charge is 2.25. The summed E-state index contributed by atoms with van der Waals surface area (Å²) in [5.74, 6) is 0. The Morgan fingerprint density at radius 3 is 2.71 bits per heavy atom. The lowest BCUT2D eigenvalue weighted by molar-refractivity contribution is 0.180. The summed E-state index contributed by atoms with van der Waals surface area (Å²) in [5.41, 5.74) is 4.09. The number of benzodiazepines with no additional fused rings is 1. The second kappa shape index (κ2) is 8.34. The fourth-order valence-electron chi connectivity index (χ4n) is 2.85. The molecule has 0 aliphatic carbocycles. The highest BCUT2D eigenvalue weighted by Crippen LogP contribution is 2.32. The normalized spacial score (nSPS) is 16.8. The smallest absolute Gasteiger partial charge is 0.0756 e. The minimum absolute atomic E-state index is 0. The van der Waals surface area contributed by atoms with Crippen LogP contribution in [0.3, 0.4) is 0 Å². The van der Waals surface area contributed by atoms with Crippen molar-refractivity contribution in [3.8, 4) is 0 Å². The van der Waals surface area contributed by atoms with Crippen LogP contribution in [-0.4, -0.2) is 39.1 Å². The summed E-state index contributed by atoms with van der Waals surface area (Å²) in [6.45, 7) is 1.29. The van der Waals surface area contributed by atoms with Crippen molar-refractivity contribution in [2.24, 2.45) is 4.99 Å². The van der Waals surface area contributed by atoms with Crippen molar-refractivity contribution in [2.45, 2.75) is 6.04 Å². The molecule has 0 bridgehead atoms. The van der Waals surface area contributed by atoms with Crippen molar-refractivity contribution in [1.29, 1.82) is 0 Å². The number of anilines is 1. The maximum atomic E-state index is 6.42. The molecule has 1 atom stereocenters. The van der Waals surface area contributed by atoms with E-state index in [1.807, 2.05) is 24.3 Å². The molecule has 2 aromatic carbocycles. The molecule has 24 heavy (non-hydrogen) atoms. The van der Waals surface area contributed by atoms with Crippen molar-refractivity contribution >= 4 is 51.3 Å². The molecule has 0 N–H and O–H groups in total. The van der Waals surface area contributed by atoms with E-state index in [0.29, 0.717) is 18.2 Å². The van der Waals surface area contributed by atoms with Gasteiger partial charge in [-0.25, -0.2) is 0 Å². The molecule has 3 rings (SSSR count). The van der Waals surface area contributed by atoms with Crippen LogP contribution in [0.4, 0.5) is 5.69 Å². The molecule has 0 spiro atoms. The molecule has 1 heterocycles. The minimum atomic E-state index is 0. The topological polar surface area (TPSA) is 24.8 Å². The molecule has 1 aliphatic heterocycles. The maximum Gasteiger partial charge on any atom is 0.0756 e. The highest BCUT2D eigenvalue weighted by atomic mass is 79.9. The predicted molar refractivity (Wildman–Crippen MR) is 107 cm³/mol. The Bertz CT molecular complexity index is 752. The van der Waals surface area contributed by atoms with Gasteiger partial charge in [-0.3, -0.25) is 4.99 Å². The number of likely N-dealkylation sites (N-methyl/N-ethyl adjacent to an activating group) is 1. The van der Waals surface area contributed by atoms with Crippen molar-refractivity contribution in [3.05, 3.63) is 63.1 Å². The Labute approximate surface area is 162 Å². The first-order valence-electron chi connectivity index (χ1n) is 7.43. The number of fused-ring (bicyclic) bond motifs is 1. The van der Waals surface area contributed by atoms with Gasteiger partial charge in [0.1, 0.15) is 0 Å². The molecule has 0 aromatic heterocycles. The number of ether oxygens (including phenoxy) is 1. The zero-order valence-electron chi connectivity index (χ0n) is 13.5. The lowest BCUT2D eigenvalue weighted by Crippen LogP contribution is -2.37. The number of hydrogen-bond donors (Lipinski definition) is 0. The quantitative estimate of drug-likeness (QED) is 0.698. The van der Waals surface area contributed by atoms with E-state index in [1.165, 1.54) is 0 Å². The Balaban J connectivity index is 0.00000208. The molecule has 1 aliphatic rings. The number of methoxy groups -OCH3 is 1. The summed E-state index contributed by atoms with van der Waals surface area (Å²) in [5, 5.41) is 0.713. The van der Waals surface area contributed by atoms with Gasteiger partial charge >= 0.3 is 0 Å². The summed E-state index contributed by atoms with van der Waals surface area (Å²) in [4.78, 5) is 7.11. The standard InChI is InChI=1S/C18H18BrClN2O.ClH/c1-22-13(11-23-2)10-21-18(14-5-3-4-6-16(14)20)15-9-12(19)7-8-17(15)22;/h3-9,13H,10-11H2,1-2H3;1H. The van der Waals surface area contributed by atoms with Crippen LogP contribution < -0.4 is 4.90 Å². The van der Waals surface area contributed by atoms with E-state index in [2.05, 4.69) is 46.1 Å². The second-order valence-corrected chi connectivity index (χ2v) is 6.87. The molecule has 2 aromatic rings. The van der Waals surface area contributed by atoms with Crippen molar-refractivity contribution < 1.29 is 4.74 Å². The number of nitrogens with zero attached hydrogens (tertiary/aromatic N) is 2. The van der Waals surface area contributed by atoms with Crippen LogP contribution in [-0.2, 0) is 4.74 Å². The minimum Gasteiger partial charge on any atom is -0.382 e. The van der Waals surface area contributed by atoms with Crippen LogP contribution in [0.5, 0.6) is 0 Å². The number of rotatable bonds is 3. The van der Waals surface area contributed by atoms with E-state index in [1.54, 1.807) is 7.11 Å². The molecule has 0 fully saturated rings. The average Bonchev–Trinajstić information content (AvgIpc) is 2.67. The Hall–Kier alpha value is -1.07. The monoisotopic (exact) mass is 428 g/mol. The third kappa shape index (κ3) is 3.77. The molecule has 0 saturated heterocycles. The number of halogens is 3. The van der Waals surface area contributed by atoms with E-state index in [9.17, 15) is 0 Å². The maximum absolute atomic E-state index is 6.42. The molecular weight excluding hydrogens is 411 g/mol. The predicted octanol–water partition coefficient (Wildman–Crippen LogP) is 4.83. The first-order valence-corrected chi connectivity index (χ1v) is 8.60. The van der Waals surface area contributed by atoms with Crippen LogP contribution in [0.15, 0.2) is 51.9 Å². The fraction of sp³-hybridized carbons (Fsp3) is 0.278. The molecule has 6 heteroatoms. The number of aliphatic imine (C=N–C) groups is 1. The van der Waals surface area contributed by atoms with Gasteiger partial charge < -0.3 is 9.64 Å². The largest absolute Gasteiger partial charge is 0.382 e. The summed E-state index contributed by atoms with van der Waals surface area (Å²) >= 11 is 9.99. The van der Waals surface area contributed by atoms with Gasteiger partial charge in [0.2, 0.25) is 0 Å². The third-order valence-electron chi connectivity index (χ3n) is 4.09. The second-order valence-electron chi connectivity index (χ2n) is 5.55. The number of hydrogen-bond acceptors (Lipinski definition) is 3. The molecule has 0 radical (unpaired) electrons. The fourth-order valence-corrected chi connectivity index (χ4v) is 3.43. The van der Waals surface area contributed by atoms with E-state index in [0.717, 1.165) is 27.0 Å². The van der Waals surface area contributed by atoms with Crippen molar-refractivity contribution in [1.82, 2.24) is 0 Å². The molecule has 1 unspecified atom stereocenters. The van der Waals surface area contributed by atoms with E-state index in [-0.39, 0.29) is 18.4 Å². The molecule has 0 amide bonds. The van der Waals surface area contributed by atoms with E-state index in [4.69, 9.17) is 21.3 Å². The van der Waals surface area contributed by atoms with Crippen LogP contribution in [0.1, 0.15) is 11.1 Å². The Morgan fingerprint density at radius 2 is 2.00 bits per heavy atom. The van der Waals surface area contributed by atoms with Crippen molar-refractivity contribution in [2.75, 3.05) is 32.2 Å². The molecule has 3 nitrogen and oxygen atoms in total. The Kier molecular flexibility index (Phi) is 6.70. The van der Waals surface area contributed by atoms with Crippen molar-refractivity contribution in [3.63, 3.8) is 0 Å². The van der Waals surface area contributed by atoms with Gasteiger partial charge in [-0.15, -0.1) is 12.4 Å². The summed E-state index contributed by atoms with van der Waals surface area (Å²) in [6.07, 6.45) is 0. The van der Waals surface area contributed by atoms with Gasteiger partial charge in [0.05, 0.1) is 24.9 Å². The first-order chi connectivity index (χ1) is 11.1. The summed E-state index contributed by atoms with van der Waals surface area (Å²) in [7, 11) is 3.81. The molecule has 128 valence electrons. The third-order valence-corrected chi connectivity index (χ3v) is 4.91. The summed E-state index contributed by atoms with van der Waals surface area (Å²) < 4.78 is 6.39. The SMILES string of the molecule is COCC1CN=C(c2ccccc2Cl)c2cc(Br)ccc2N1C.Cl. The first kappa shape index (κ1) is 19.3. The average molecular weight is 430 g/mol. The van der Waals surface area contributed by atoms with Crippen LogP contribution in [0, 0.1) is 0 Å². The van der Waals surface area contributed by atoms with E-state index < -0.39 is 0 Å². The lowest BCUT2D eigenvalue weighted by atomic mass is 10.00. The van der Waals surface area contributed by atoms with Gasteiger partial charge in [0.25, 0.3) is 0 Å². The summed E-state index contributed by atoms with van der Waals surface area (Å²) in [6, 6.07) is 14.3. The van der Waals surface area contributed by atoms with Crippen LogP contribution >= 0.6 is 39.9 Å². The van der Waals surface area contributed by atoms with Gasteiger partial charge in [-0.2, -0.15) is 0 Å².